The highest BCUT2D eigenvalue weighted by molar-refractivity contribution is 7.99. The highest BCUT2D eigenvalue weighted by Gasteiger charge is 2.29. The first-order chi connectivity index (χ1) is 12.6. The minimum absolute atomic E-state index is 0.0304. The number of hydrogen-bond acceptors (Lipinski definition) is 5. The van der Waals surface area contributed by atoms with Crippen LogP contribution in [0.5, 0.6) is 0 Å². The molecule has 2 atom stereocenters. The Balaban J connectivity index is 1.96. The first-order valence-corrected chi connectivity index (χ1v) is 9.40. The Labute approximate surface area is 153 Å². The van der Waals surface area contributed by atoms with Gasteiger partial charge in [-0.1, -0.05) is 11.9 Å². The smallest absolute Gasteiger partial charge is 0.124 e. The molecule has 0 radical (unpaired) electrons. The van der Waals surface area contributed by atoms with Gasteiger partial charge < -0.3 is 10.3 Å². The van der Waals surface area contributed by atoms with Gasteiger partial charge in [-0.2, -0.15) is 0 Å². The van der Waals surface area contributed by atoms with Crippen LogP contribution in [-0.4, -0.2) is 20.7 Å². The molecule has 4 rings (SSSR count). The lowest BCUT2D eigenvalue weighted by atomic mass is 10.1. The maximum absolute atomic E-state index is 13.9. The maximum atomic E-state index is 13.9. The summed E-state index contributed by atoms with van der Waals surface area (Å²) in [5.41, 5.74) is 8.74. The number of fused-ring (bicyclic) bond motifs is 3. The van der Waals surface area contributed by atoms with E-state index in [-0.39, 0.29) is 11.9 Å². The molecule has 5 nitrogen and oxygen atoms in total. The van der Waals surface area contributed by atoms with Gasteiger partial charge in [-0.25, -0.2) is 13.8 Å². The molecule has 136 valence electrons. The molecule has 8 heteroatoms. The number of aromatic nitrogens is 3. The van der Waals surface area contributed by atoms with Crippen molar-refractivity contribution in [1.29, 1.82) is 0 Å². The number of benzene rings is 1. The molecule has 2 unspecified atom stereocenters. The van der Waals surface area contributed by atoms with Crippen LogP contribution in [0.3, 0.4) is 0 Å². The molecule has 0 aliphatic heterocycles. The summed E-state index contributed by atoms with van der Waals surface area (Å²) < 4.78 is 29.8. The molecule has 1 saturated carbocycles. The molecule has 4 N–H and O–H groups in total. The molecule has 0 saturated heterocycles. The molecule has 2 heterocycles. The summed E-state index contributed by atoms with van der Waals surface area (Å²) in [4.78, 5) is 9.04. The Morgan fingerprint density at radius 2 is 2.19 bits per heavy atom. The van der Waals surface area contributed by atoms with E-state index in [0.29, 0.717) is 47.8 Å². The Morgan fingerprint density at radius 1 is 1.35 bits per heavy atom. The van der Waals surface area contributed by atoms with Gasteiger partial charge in [0.15, 0.2) is 0 Å². The molecule has 1 aliphatic carbocycles. The quantitative estimate of drug-likeness (QED) is 0.679. The van der Waals surface area contributed by atoms with E-state index >= 15 is 0 Å². The third-order valence-electron chi connectivity index (χ3n) is 4.84. The predicted octanol–water partition coefficient (Wildman–Crippen LogP) is 3.74. The number of allylic oxidation sites excluding steroid dienone is 1. The first kappa shape index (κ1) is 17.2. The van der Waals surface area contributed by atoms with E-state index < -0.39 is 6.17 Å². The lowest BCUT2D eigenvalue weighted by Crippen LogP contribution is -2.13. The van der Waals surface area contributed by atoms with Crippen molar-refractivity contribution in [2.45, 2.75) is 37.9 Å². The van der Waals surface area contributed by atoms with Crippen LogP contribution in [0.1, 0.15) is 31.1 Å². The van der Waals surface area contributed by atoms with E-state index in [0.717, 1.165) is 23.3 Å². The molecule has 0 spiro atoms. The van der Waals surface area contributed by atoms with Crippen LogP contribution in [0, 0.1) is 5.82 Å². The van der Waals surface area contributed by atoms with Crippen molar-refractivity contribution in [3.8, 4) is 0 Å². The Bertz CT molecular complexity index is 1000. The van der Waals surface area contributed by atoms with Gasteiger partial charge in [-0.15, -0.1) is 0 Å². The van der Waals surface area contributed by atoms with Crippen molar-refractivity contribution in [3.05, 3.63) is 47.1 Å². The number of nitrogens with two attached hydrogens (primary N) is 2. The van der Waals surface area contributed by atoms with Gasteiger partial charge >= 0.3 is 0 Å². The predicted molar refractivity (Wildman–Crippen MR) is 101 cm³/mol. The van der Waals surface area contributed by atoms with Gasteiger partial charge in [-0.05, 0) is 37.5 Å². The Hall–Kier alpha value is -2.19. The standard InChI is InChI=1S/C18H19F2N5S/c19-10-1-3-13(5-10)25-17(7-12(21)9-26-22)24-16-8-23-15-4-2-11(20)6-14(15)18(16)25/h2,4,6,8-10,13H,1,3,5,7,21-22H2/b12-9-. The van der Waals surface area contributed by atoms with Gasteiger partial charge in [-0.3, -0.25) is 10.1 Å². The number of rotatable bonds is 4. The van der Waals surface area contributed by atoms with Crippen LogP contribution in [0.4, 0.5) is 8.78 Å². The highest BCUT2D eigenvalue weighted by Crippen LogP contribution is 2.37. The summed E-state index contributed by atoms with van der Waals surface area (Å²) in [6.07, 6.45) is 2.90. The molecule has 1 fully saturated rings. The number of halogens is 2. The van der Waals surface area contributed by atoms with Gasteiger partial charge in [0.05, 0.1) is 17.2 Å². The number of hydrogen-bond donors (Lipinski definition) is 2. The fourth-order valence-electron chi connectivity index (χ4n) is 3.77. The monoisotopic (exact) mass is 375 g/mol. The van der Waals surface area contributed by atoms with E-state index in [1.54, 1.807) is 17.7 Å². The Kier molecular flexibility index (Phi) is 4.54. The molecule has 0 bridgehead atoms. The zero-order valence-corrected chi connectivity index (χ0v) is 14.8. The molecule has 3 aromatic rings. The second kappa shape index (κ2) is 6.85. The van der Waals surface area contributed by atoms with Crippen LogP contribution >= 0.6 is 11.9 Å². The van der Waals surface area contributed by atoms with Crippen molar-refractivity contribution >= 4 is 33.9 Å². The average molecular weight is 375 g/mol. The summed E-state index contributed by atoms with van der Waals surface area (Å²) >= 11 is 1.03. The second-order valence-electron chi connectivity index (χ2n) is 6.62. The first-order valence-electron chi connectivity index (χ1n) is 8.46. The molecule has 1 aliphatic rings. The third-order valence-corrected chi connectivity index (χ3v) is 5.28. The van der Waals surface area contributed by atoms with Crippen molar-refractivity contribution in [3.63, 3.8) is 0 Å². The molecular formula is C18H19F2N5S. The van der Waals surface area contributed by atoms with Gasteiger partial charge in [0.1, 0.15) is 23.3 Å². The van der Waals surface area contributed by atoms with E-state index in [1.165, 1.54) is 12.1 Å². The molecule has 26 heavy (non-hydrogen) atoms. The third kappa shape index (κ3) is 3.03. The molecule has 1 aromatic carbocycles. The summed E-state index contributed by atoms with van der Waals surface area (Å²) in [5.74, 6) is 0.385. The summed E-state index contributed by atoms with van der Waals surface area (Å²) in [6, 6.07) is 4.46. The van der Waals surface area contributed by atoms with Gasteiger partial charge in [0.2, 0.25) is 0 Å². The second-order valence-corrected chi connectivity index (χ2v) is 7.13. The van der Waals surface area contributed by atoms with Crippen LogP contribution in [-0.2, 0) is 6.42 Å². The number of nitrogens with zero attached hydrogens (tertiary/aromatic N) is 3. The maximum Gasteiger partial charge on any atom is 0.124 e. The zero-order chi connectivity index (χ0) is 18.3. The van der Waals surface area contributed by atoms with Crippen LogP contribution in [0.15, 0.2) is 35.5 Å². The fourth-order valence-corrected chi connectivity index (χ4v) is 4.02. The topological polar surface area (TPSA) is 82.8 Å². The molecular weight excluding hydrogens is 356 g/mol. The number of alkyl halides is 1. The minimum Gasteiger partial charge on any atom is -0.401 e. The van der Waals surface area contributed by atoms with Crippen molar-refractivity contribution in [2.24, 2.45) is 10.9 Å². The summed E-state index contributed by atoms with van der Waals surface area (Å²) in [5, 5.41) is 7.80. The van der Waals surface area contributed by atoms with E-state index in [1.807, 2.05) is 4.57 Å². The van der Waals surface area contributed by atoms with E-state index in [2.05, 4.69) is 9.97 Å². The average Bonchev–Trinajstić information content (AvgIpc) is 3.18. The van der Waals surface area contributed by atoms with E-state index in [4.69, 9.17) is 10.9 Å². The SMILES string of the molecule is NS/C=C(\N)Cc1nc2cnc3ccc(F)cc3c2n1C1CCC(F)C1. The van der Waals surface area contributed by atoms with Crippen LogP contribution < -0.4 is 10.9 Å². The van der Waals surface area contributed by atoms with Gasteiger partial charge in [0.25, 0.3) is 0 Å². The van der Waals surface area contributed by atoms with Crippen molar-refractivity contribution < 1.29 is 8.78 Å². The normalized spacial score (nSPS) is 21.1. The Morgan fingerprint density at radius 3 is 2.92 bits per heavy atom. The molecule has 2 aromatic heterocycles. The molecule has 0 amide bonds. The van der Waals surface area contributed by atoms with E-state index in [9.17, 15) is 8.78 Å². The summed E-state index contributed by atoms with van der Waals surface area (Å²) in [7, 11) is 0. The van der Waals surface area contributed by atoms with Crippen LogP contribution in [0.2, 0.25) is 0 Å². The lowest BCUT2D eigenvalue weighted by molar-refractivity contribution is 0.330. The highest BCUT2D eigenvalue weighted by atomic mass is 32.2. The lowest BCUT2D eigenvalue weighted by Gasteiger charge is -2.17. The largest absolute Gasteiger partial charge is 0.401 e. The summed E-state index contributed by atoms with van der Waals surface area (Å²) in [6.45, 7) is 0. The van der Waals surface area contributed by atoms with Gasteiger partial charge in [0, 0.05) is 29.0 Å². The number of imidazole rings is 1. The van der Waals surface area contributed by atoms with Crippen LogP contribution in [0.25, 0.3) is 21.9 Å². The fraction of sp³-hybridized carbons (Fsp3) is 0.333. The number of pyridine rings is 1. The van der Waals surface area contributed by atoms with Crippen molar-refractivity contribution in [2.75, 3.05) is 0 Å². The van der Waals surface area contributed by atoms with Crippen molar-refractivity contribution in [1.82, 2.24) is 14.5 Å². The minimum atomic E-state index is -0.831. The zero-order valence-electron chi connectivity index (χ0n) is 14.0.